The van der Waals surface area contributed by atoms with E-state index in [-0.39, 0.29) is 25.4 Å². The van der Waals surface area contributed by atoms with Crippen molar-refractivity contribution in [3.63, 3.8) is 0 Å². The van der Waals surface area contributed by atoms with Crippen molar-refractivity contribution in [1.29, 1.82) is 0 Å². The molecule has 5 nitrogen and oxygen atoms in total. The molecule has 2 amide bonds. The van der Waals surface area contributed by atoms with E-state index >= 15 is 0 Å². The lowest BCUT2D eigenvalue weighted by Crippen LogP contribution is -2.49. The molecule has 0 radical (unpaired) electrons. The number of rotatable bonds is 4. The number of carbonyl (C=O) groups is 2. The summed E-state index contributed by atoms with van der Waals surface area (Å²) >= 11 is 0. The number of nitrogens with one attached hydrogen (secondary N) is 2. The van der Waals surface area contributed by atoms with Crippen molar-refractivity contribution in [2.45, 2.75) is 25.4 Å². The average Bonchev–Trinajstić information content (AvgIpc) is 2.25. The van der Waals surface area contributed by atoms with Crippen LogP contribution in [-0.4, -0.2) is 37.6 Å². The number of primary amides is 1. The maximum absolute atomic E-state index is 12.1. The van der Waals surface area contributed by atoms with Gasteiger partial charge in [-0.3, -0.25) is 9.59 Å². The number of nitrogens with two attached hydrogens (primary N) is 1. The molecular weight excluding hydrogens is 287 g/mol. The SMILES string of the molecule is Cl.NC(=O)CC1(CNC(=O)C(F)(F)F)CCNCC1. The van der Waals surface area contributed by atoms with Crippen LogP contribution < -0.4 is 16.4 Å². The van der Waals surface area contributed by atoms with E-state index in [0.29, 0.717) is 25.9 Å². The molecule has 9 heteroatoms. The van der Waals surface area contributed by atoms with Gasteiger partial charge in [-0.2, -0.15) is 13.2 Å². The fourth-order valence-corrected chi connectivity index (χ4v) is 2.11. The summed E-state index contributed by atoms with van der Waals surface area (Å²) in [4.78, 5) is 21.7. The van der Waals surface area contributed by atoms with Gasteiger partial charge in [-0.15, -0.1) is 12.4 Å². The van der Waals surface area contributed by atoms with Crippen LogP contribution in [0, 0.1) is 5.41 Å². The van der Waals surface area contributed by atoms with Crippen LogP contribution in [0.2, 0.25) is 0 Å². The molecule has 112 valence electrons. The summed E-state index contributed by atoms with van der Waals surface area (Å²) in [6.45, 7) is 1.00. The van der Waals surface area contributed by atoms with Crippen LogP contribution in [0.25, 0.3) is 0 Å². The summed E-state index contributed by atoms with van der Waals surface area (Å²) < 4.78 is 36.2. The van der Waals surface area contributed by atoms with Crippen LogP contribution in [0.15, 0.2) is 0 Å². The molecule has 0 aromatic heterocycles. The van der Waals surface area contributed by atoms with E-state index in [0.717, 1.165) is 0 Å². The average molecular weight is 304 g/mol. The molecule has 19 heavy (non-hydrogen) atoms. The molecule has 1 aliphatic rings. The van der Waals surface area contributed by atoms with E-state index in [1.807, 2.05) is 5.32 Å². The fourth-order valence-electron chi connectivity index (χ4n) is 2.11. The van der Waals surface area contributed by atoms with Crippen molar-refractivity contribution < 1.29 is 22.8 Å². The van der Waals surface area contributed by atoms with Gasteiger partial charge in [0.2, 0.25) is 5.91 Å². The molecule has 1 heterocycles. The predicted octanol–water partition coefficient (Wildman–Crippen LogP) is 0.332. The van der Waals surface area contributed by atoms with Gasteiger partial charge >= 0.3 is 12.1 Å². The van der Waals surface area contributed by atoms with E-state index in [1.54, 1.807) is 0 Å². The lowest BCUT2D eigenvalue weighted by molar-refractivity contribution is -0.174. The molecule has 0 unspecified atom stereocenters. The Bertz CT molecular complexity index is 330. The maximum atomic E-state index is 12.1. The van der Waals surface area contributed by atoms with Crippen LogP contribution in [0.4, 0.5) is 13.2 Å². The smallest absolute Gasteiger partial charge is 0.370 e. The van der Waals surface area contributed by atoms with E-state index in [4.69, 9.17) is 5.73 Å². The first-order valence-corrected chi connectivity index (χ1v) is 5.59. The lowest BCUT2D eigenvalue weighted by Gasteiger charge is -2.37. The van der Waals surface area contributed by atoms with Gasteiger partial charge in [0.1, 0.15) is 0 Å². The first kappa shape index (κ1) is 18.0. The number of carbonyl (C=O) groups excluding carboxylic acids is 2. The Morgan fingerprint density at radius 2 is 1.79 bits per heavy atom. The van der Waals surface area contributed by atoms with Gasteiger partial charge in [-0.25, -0.2) is 0 Å². The first-order chi connectivity index (χ1) is 8.25. The summed E-state index contributed by atoms with van der Waals surface area (Å²) in [6, 6.07) is 0. The number of alkyl halides is 3. The quantitative estimate of drug-likeness (QED) is 0.700. The molecule has 1 rings (SSSR count). The molecule has 0 aromatic carbocycles. The number of halogens is 4. The monoisotopic (exact) mass is 303 g/mol. The Hall–Kier alpha value is -1.02. The van der Waals surface area contributed by atoms with Crippen molar-refractivity contribution in [3.05, 3.63) is 0 Å². The van der Waals surface area contributed by atoms with Crippen molar-refractivity contribution in [3.8, 4) is 0 Å². The third-order valence-corrected chi connectivity index (χ3v) is 3.09. The molecule has 1 fully saturated rings. The largest absolute Gasteiger partial charge is 0.471 e. The molecule has 1 saturated heterocycles. The van der Waals surface area contributed by atoms with E-state index < -0.39 is 23.4 Å². The molecule has 1 aliphatic heterocycles. The van der Waals surface area contributed by atoms with Gasteiger partial charge in [0.05, 0.1) is 0 Å². The molecule has 0 spiro atoms. The molecular formula is C10H17ClF3N3O2. The lowest BCUT2D eigenvalue weighted by atomic mass is 9.76. The highest BCUT2D eigenvalue weighted by Gasteiger charge is 2.41. The Kier molecular flexibility index (Phi) is 6.58. The van der Waals surface area contributed by atoms with Crippen LogP contribution in [-0.2, 0) is 9.59 Å². The second-order valence-electron chi connectivity index (χ2n) is 4.57. The van der Waals surface area contributed by atoms with E-state index in [1.165, 1.54) is 0 Å². The minimum Gasteiger partial charge on any atom is -0.370 e. The van der Waals surface area contributed by atoms with Gasteiger partial charge in [0, 0.05) is 13.0 Å². The summed E-state index contributed by atoms with van der Waals surface area (Å²) in [5, 5.41) is 4.88. The zero-order valence-corrected chi connectivity index (χ0v) is 11.0. The zero-order chi connectivity index (χ0) is 13.8. The topological polar surface area (TPSA) is 84.2 Å². The van der Waals surface area contributed by atoms with Crippen molar-refractivity contribution in [1.82, 2.24) is 10.6 Å². The van der Waals surface area contributed by atoms with Crippen molar-refractivity contribution in [2.24, 2.45) is 11.1 Å². The molecule has 4 N–H and O–H groups in total. The van der Waals surface area contributed by atoms with Crippen LogP contribution in [0.1, 0.15) is 19.3 Å². The van der Waals surface area contributed by atoms with Gasteiger partial charge in [0.25, 0.3) is 0 Å². The van der Waals surface area contributed by atoms with E-state index in [2.05, 4.69) is 5.32 Å². The zero-order valence-electron chi connectivity index (χ0n) is 10.2. The van der Waals surface area contributed by atoms with Crippen LogP contribution in [0.3, 0.4) is 0 Å². The molecule has 0 bridgehead atoms. The number of hydrogen-bond donors (Lipinski definition) is 3. The standard InChI is InChI=1S/C10H16F3N3O2.ClH/c11-10(12,13)8(18)16-6-9(5-7(14)17)1-3-15-4-2-9;/h15H,1-6H2,(H2,14,17)(H,16,18);1H. The third-order valence-electron chi connectivity index (χ3n) is 3.09. The van der Waals surface area contributed by atoms with Gasteiger partial charge in [-0.05, 0) is 31.3 Å². The molecule has 0 atom stereocenters. The van der Waals surface area contributed by atoms with Crippen molar-refractivity contribution >= 4 is 24.2 Å². The van der Waals surface area contributed by atoms with Crippen molar-refractivity contribution in [2.75, 3.05) is 19.6 Å². The Morgan fingerprint density at radius 3 is 2.21 bits per heavy atom. The normalized spacial score (nSPS) is 18.3. The highest BCUT2D eigenvalue weighted by Crippen LogP contribution is 2.32. The summed E-state index contributed by atoms with van der Waals surface area (Å²) in [7, 11) is 0. The highest BCUT2D eigenvalue weighted by molar-refractivity contribution is 5.85. The molecule has 0 aliphatic carbocycles. The minimum absolute atomic E-state index is 0. The number of hydrogen-bond acceptors (Lipinski definition) is 3. The number of amides is 2. The van der Waals surface area contributed by atoms with Gasteiger partial charge in [-0.1, -0.05) is 0 Å². The fraction of sp³-hybridized carbons (Fsp3) is 0.800. The molecule has 0 aromatic rings. The predicted molar refractivity (Wildman–Crippen MR) is 64.7 cm³/mol. The first-order valence-electron chi connectivity index (χ1n) is 5.59. The van der Waals surface area contributed by atoms with Crippen LogP contribution >= 0.6 is 12.4 Å². The number of piperidine rings is 1. The second kappa shape index (κ2) is 6.95. The van der Waals surface area contributed by atoms with Gasteiger partial charge < -0.3 is 16.4 Å². The minimum atomic E-state index is -4.90. The van der Waals surface area contributed by atoms with E-state index in [9.17, 15) is 22.8 Å². The molecule has 0 saturated carbocycles. The Morgan fingerprint density at radius 1 is 1.26 bits per heavy atom. The summed E-state index contributed by atoms with van der Waals surface area (Å²) in [5.74, 6) is -2.55. The Balaban J connectivity index is 0.00000324. The third kappa shape index (κ3) is 5.65. The summed E-state index contributed by atoms with van der Waals surface area (Å²) in [5.41, 5.74) is 4.44. The summed E-state index contributed by atoms with van der Waals surface area (Å²) in [6.07, 6.45) is -3.91. The second-order valence-corrected chi connectivity index (χ2v) is 4.57. The Labute approximate surface area is 114 Å². The van der Waals surface area contributed by atoms with Gasteiger partial charge in [0.15, 0.2) is 0 Å². The highest BCUT2D eigenvalue weighted by atomic mass is 35.5. The van der Waals surface area contributed by atoms with Crippen LogP contribution in [0.5, 0.6) is 0 Å². The maximum Gasteiger partial charge on any atom is 0.471 e.